The zero-order valence-electron chi connectivity index (χ0n) is 14.6. The van der Waals surface area contributed by atoms with Crippen LogP contribution in [0.2, 0.25) is 0 Å². The summed E-state index contributed by atoms with van der Waals surface area (Å²) >= 11 is 0. The molecule has 2 aromatic rings. The number of benzene rings is 2. The molecule has 0 radical (unpaired) electrons. The Hall–Kier alpha value is -2.66. The Morgan fingerprint density at radius 2 is 1.72 bits per heavy atom. The average molecular weight is 340 g/mol. The van der Waals surface area contributed by atoms with Crippen LogP contribution >= 0.6 is 0 Å². The Balaban J connectivity index is 1.96. The second kappa shape index (κ2) is 8.99. The van der Waals surface area contributed by atoms with E-state index in [0.29, 0.717) is 5.56 Å². The maximum absolute atomic E-state index is 12.3. The predicted molar refractivity (Wildman–Crippen MR) is 97.2 cm³/mol. The first-order chi connectivity index (χ1) is 12.0. The topological polar surface area (TPSA) is 69.6 Å². The Bertz CT molecular complexity index is 699. The number of nitrogens with zero attached hydrogens (tertiary/aromatic N) is 1. The van der Waals surface area contributed by atoms with Gasteiger partial charge in [0.25, 0.3) is 5.91 Å². The largest absolute Gasteiger partial charge is 0.394 e. The van der Waals surface area contributed by atoms with Crippen LogP contribution in [-0.4, -0.2) is 42.0 Å². The number of hydrogen-bond donors (Lipinski definition) is 2. The van der Waals surface area contributed by atoms with Crippen LogP contribution in [0.1, 0.15) is 34.5 Å². The lowest BCUT2D eigenvalue weighted by Gasteiger charge is -2.21. The average Bonchev–Trinajstić information content (AvgIpc) is 2.66. The monoisotopic (exact) mass is 340 g/mol. The summed E-state index contributed by atoms with van der Waals surface area (Å²) in [5.41, 5.74) is 2.57. The molecule has 0 aliphatic heterocycles. The number of aliphatic hydroxyl groups excluding tert-OH is 1. The Morgan fingerprint density at radius 3 is 2.28 bits per heavy atom. The fourth-order valence-corrected chi connectivity index (χ4v) is 2.55. The van der Waals surface area contributed by atoms with E-state index in [1.54, 1.807) is 31.3 Å². The predicted octanol–water partition coefficient (Wildman–Crippen LogP) is 2.17. The molecule has 1 unspecified atom stereocenters. The van der Waals surface area contributed by atoms with Gasteiger partial charge in [-0.1, -0.05) is 49.4 Å². The number of rotatable bonds is 7. The van der Waals surface area contributed by atoms with Gasteiger partial charge < -0.3 is 15.3 Å². The first kappa shape index (κ1) is 18.7. The molecule has 0 saturated heterocycles. The lowest BCUT2D eigenvalue weighted by molar-refractivity contribution is -0.122. The van der Waals surface area contributed by atoms with Crippen LogP contribution in [0.25, 0.3) is 0 Å². The molecule has 132 valence electrons. The van der Waals surface area contributed by atoms with E-state index in [0.717, 1.165) is 12.0 Å². The van der Waals surface area contributed by atoms with Gasteiger partial charge in [0.2, 0.25) is 5.91 Å². The summed E-state index contributed by atoms with van der Waals surface area (Å²) in [4.78, 5) is 25.9. The third-order valence-corrected chi connectivity index (χ3v) is 4.06. The van der Waals surface area contributed by atoms with E-state index in [9.17, 15) is 14.7 Å². The van der Waals surface area contributed by atoms with Crippen LogP contribution in [0.5, 0.6) is 0 Å². The molecule has 0 heterocycles. The van der Waals surface area contributed by atoms with Crippen molar-refractivity contribution in [3.63, 3.8) is 0 Å². The molecule has 0 aromatic heterocycles. The van der Waals surface area contributed by atoms with Crippen molar-refractivity contribution in [2.24, 2.45) is 0 Å². The molecule has 0 aliphatic rings. The van der Waals surface area contributed by atoms with Crippen molar-refractivity contribution in [3.05, 3.63) is 71.3 Å². The quantitative estimate of drug-likeness (QED) is 0.812. The standard InChI is InChI=1S/C20H24N2O3/c1-3-15-9-11-16(12-10-15)18(14-23)21-19(24)13-22(2)20(25)17-7-5-4-6-8-17/h4-12,18,23H,3,13-14H2,1-2H3,(H,21,24). The van der Waals surface area contributed by atoms with Crippen molar-refractivity contribution >= 4 is 11.8 Å². The van der Waals surface area contributed by atoms with E-state index < -0.39 is 6.04 Å². The molecule has 0 spiro atoms. The van der Waals surface area contributed by atoms with Crippen LogP contribution in [0.3, 0.4) is 0 Å². The molecule has 0 bridgehead atoms. The van der Waals surface area contributed by atoms with Gasteiger partial charge in [-0.05, 0) is 29.7 Å². The molecule has 5 nitrogen and oxygen atoms in total. The Kier molecular flexibility index (Phi) is 6.71. The highest BCUT2D eigenvalue weighted by molar-refractivity contribution is 5.96. The second-order valence-electron chi connectivity index (χ2n) is 5.93. The van der Waals surface area contributed by atoms with Gasteiger partial charge in [0.05, 0.1) is 19.2 Å². The minimum absolute atomic E-state index is 0.0722. The number of aryl methyl sites for hydroxylation is 1. The van der Waals surface area contributed by atoms with Gasteiger partial charge in [0.15, 0.2) is 0 Å². The molecule has 0 fully saturated rings. The molecular formula is C20H24N2O3. The number of likely N-dealkylation sites (N-methyl/N-ethyl adjacent to an activating group) is 1. The maximum Gasteiger partial charge on any atom is 0.254 e. The molecule has 2 rings (SSSR count). The number of hydrogen-bond acceptors (Lipinski definition) is 3. The summed E-state index contributed by atoms with van der Waals surface area (Å²) in [5, 5.41) is 12.4. The normalized spacial score (nSPS) is 11.6. The van der Waals surface area contributed by atoms with Crippen molar-refractivity contribution in [3.8, 4) is 0 Å². The van der Waals surface area contributed by atoms with Gasteiger partial charge in [-0.3, -0.25) is 9.59 Å². The smallest absolute Gasteiger partial charge is 0.254 e. The maximum atomic E-state index is 12.3. The zero-order valence-corrected chi connectivity index (χ0v) is 14.6. The number of amides is 2. The number of aliphatic hydroxyl groups is 1. The lowest BCUT2D eigenvalue weighted by Crippen LogP contribution is -2.40. The molecule has 2 N–H and O–H groups in total. The first-order valence-corrected chi connectivity index (χ1v) is 8.34. The van der Waals surface area contributed by atoms with E-state index in [1.165, 1.54) is 10.5 Å². The van der Waals surface area contributed by atoms with Crippen molar-refractivity contribution in [1.29, 1.82) is 0 Å². The summed E-state index contributed by atoms with van der Waals surface area (Å²) in [6.45, 7) is 1.80. The highest BCUT2D eigenvalue weighted by Gasteiger charge is 2.18. The molecule has 5 heteroatoms. The molecule has 2 amide bonds. The molecular weight excluding hydrogens is 316 g/mol. The van der Waals surface area contributed by atoms with Crippen molar-refractivity contribution in [1.82, 2.24) is 10.2 Å². The summed E-state index contributed by atoms with van der Waals surface area (Å²) < 4.78 is 0. The zero-order chi connectivity index (χ0) is 18.2. The fraction of sp³-hybridized carbons (Fsp3) is 0.300. The molecule has 0 aliphatic carbocycles. The minimum Gasteiger partial charge on any atom is -0.394 e. The molecule has 25 heavy (non-hydrogen) atoms. The Morgan fingerprint density at radius 1 is 1.08 bits per heavy atom. The van der Waals surface area contributed by atoms with Crippen molar-refractivity contribution in [2.45, 2.75) is 19.4 Å². The fourth-order valence-electron chi connectivity index (χ4n) is 2.55. The number of nitrogens with one attached hydrogen (secondary N) is 1. The first-order valence-electron chi connectivity index (χ1n) is 8.34. The lowest BCUT2D eigenvalue weighted by atomic mass is 10.0. The van der Waals surface area contributed by atoms with E-state index in [4.69, 9.17) is 0 Å². The van der Waals surface area contributed by atoms with Crippen LogP contribution in [0, 0.1) is 0 Å². The van der Waals surface area contributed by atoms with E-state index in [1.807, 2.05) is 30.3 Å². The third kappa shape index (κ3) is 5.16. The summed E-state index contributed by atoms with van der Waals surface area (Å²) in [5.74, 6) is -0.533. The van der Waals surface area contributed by atoms with Gasteiger partial charge in [0, 0.05) is 12.6 Å². The third-order valence-electron chi connectivity index (χ3n) is 4.06. The summed E-state index contributed by atoms with van der Waals surface area (Å²) in [6.07, 6.45) is 0.933. The second-order valence-corrected chi connectivity index (χ2v) is 5.93. The minimum atomic E-state index is -0.487. The van der Waals surface area contributed by atoms with Gasteiger partial charge >= 0.3 is 0 Å². The summed E-state index contributed by atoms with van der Waals surface area (Å²) in [7, 11) is 1.58. The number of carbonyl (C=O) groups excluding carboxylic acids is 2. The van der Waals surface area contributed by atoms with Crippen LogP contribution in [0.4, 0.5) is 0 Å². The van der Waals surface area contributed by atoms with Gasteiger partial charge in [-0.2, -0.15) is 0 Å². The molecule has 0 saturated carbocycles. The van der Waals surface area contributed by atoms with Crippen LogP contribution in [-0.2, 0) is 11.2 Å². The van der Waals surface area contributed by atoms with Crippen molar-refractivity contribution in [2.75, 3.05) is 20.2 Å². The van der Waals surface area contributed by atoms with Crippen LogP contribution < -0.4 is 5.32 Å². The summed E-state index contributed by atoms with van der Waals surface area (Å²) in [6, 6.07) is 16.1. The van der Waals surface area contributed by atoms with Crippen molar-refractivity contribution < 1.29 is 14.7 Å². The number of carbonyl (C=O) groups is 2. The van der Waals surface area contributed by atoms with Gasteiger partial charge in [-0.25, -0.2) is 0 Å². The van der Waals surface area contributed by atoms with Gasteiger partial charge in [0.1, 0.15) is 0 Å². The SMILES string of the molecule is CCc1ccc(C(CO)NC(=O)CN(C)C(=O)c2ccccc2)cc1. The van der Waals surface area contributed by atoms with E-state index in [-0.39, 0.29) is 25.0 Å². The molecule has 2 aromatic carbocycles. The van der Waals surface area contributed by atoms with E-state index in [2.05, 4.69) is 12.2 Å². The van der Waals surface area contributed by atoms with E-state index >= 15 is 0 Å². The highest BCUT2D eigenvalue weighted by atomic mass is 16.3. The highest BCUT2D eigenvalue weighted by Crippen LogP contribution is 2.14. The van der Waals surface area contributed by atoms with Gasteiger partial charge in [-0.15, -0.1) is 0 Å². The molecule has 1 atom stereocenters. The Labute approximate surface area is 148 Å². The van der Waals surface area contributed by atoms with Crippen LogP contribution in [0.15, 0.2) is 54.6 Å².